The summed E-state index contributed by atoms with van der Waals surface area (Å²) in [5, 5.41) is 0. The zero-order valence-electron chi connectivity index (χ0n) is 11.9. The summed E-state index contributed by atoms with van der Waals surface area (Å²) < 4.78 is 47.3. The molecule has 0 aliphatic heterocycles. The van der Waals surface area contributed by atoms with Crippen molar-refractivity contribution in [3.63, 3.8) is 0 Å². The van der Waals surface area contributed by atoms with Crippen LogP contribution in [0.3, 0.4) is 0 Å². The Morgan fingerprint density at radius 2 is 1.76 bits per heavy atom. The fourth-order valence-electron chi connectivity index (χ4n) is 2.24. The van der Waals surface area contributed by atoms with Gasteiger partial charge in [0.05, 0.1) is 15.5 Å². The highest BCUT2D eigenvalue weighted by molar-refractivity contribution is 7.91. The quantitative estimate of drug-likeness (QED) is 0.729. The SMILES string of the molecule is CS(=O)(=O)c1ccc(N(CCCl)C2CC2)c(S(C)(=O)=O)c1. The molecule has 0 amide bonds. The molecule has 1 aliphatic carbocycles. The van der Waals surface area contributed by atoms with Gasteiger partial charge < -0.3 is 4.90 Å². The zero-order chi connectivity index (χ0) is 15.8. The average Bonchev–Trinajstić information content (AvgIpc) is 3.17. The first-order valence-electron chi connectivity index (χ1n) is 6.51. The molecule has 0 aromatic heterocycles. The molecule has 0 bridgehead atoms. The van der Waals surface area contributed by atoms with Gasteiger partial charge in [0.1, 0.15) is 0 Å². The molecule has 1 aliphatic rings. The normalized spacial score (nSPS) is 16.0. The van der Waals surface area contributed by atoms with Crippen LogP contribution in [0.5, 0.6) is 0 Å². The number of alkyl halides is 1. The van der Waals surface area contributed by atoms with Gasteiger partial charge in [-0.15, -0.1) is 11.6 Å². The molecule has 118 valence electrons. The highest BCUT2D eigenvalue weighted by atomic mass is 35.5. The summed E-state index contributed by atoms with van der Waals surface area (Å²) in [4.78, 5) is 2.01. The Labute approximate surface area is 130 Å². The van der Waals surface area contributed by atoms with Gasteiger partial charge in [-0.3, -0.25) is 0 Å². The number of hydrogen-bond acceptors (Lipinski definition) is 5. The molecular weight excluding hydrogens is 334 g/mol. The Kier molecular flexibility index (Phi) is 4.56. The molecule has 1 aromatic rings. The van der Waals surface area contributed by atoms with Crippen molar-refractivity contribution < 1.29 is 16.8 Å². The molecule has 0 spiro atoms. The Morgan fingerprint density at radius 3 is 2.19 bits per heavy atom. The van der Waals surface area contributed by atoms with E-state index < -0.39 is 19.7 Å². The maximum Gasteiger partial charge on any atom is 0.177 e. The van der Waals surface area contributed by atoms with Gasteiger partial charge in [0.2, 0.25) is 0 Å². The maximum atomic E-state index is 12.0. The molecule has 0 atom stereocenters. The van der Waals surface area contributed by atoms with Crippen LogP contribution >= 0.6 is 11.6 Å². The van der Waals surface area contributed by atoms with Crippen molar-refractivity contribution in [1.29, 1.82) is 0 Å². The summed E-state index contributed by atoms with van der Waals surface area (Å²) in [6.07, 6.45) is 4.14. The standard InChI is InChI=1S/C13H18ClNO4S2/c1-20(16,17)11-5-6-12(13(9-11)21(2,18)19)15(8-7-14)10-3-4-10/h5-6,9-10H,3-4,7-8H2,1-2H3. The minimum Gasteiger partial charge on any atom is -0.366 e. The Bertz CT molecular complexity index is 739. The minimum atomic E-state index is -3.53. The lowest BCUT2D eigenvalue weighted by atomic mass is 10.2. The molecule has 0 saturated heterocycles. The van der Waals surface area contributed by atoms with E-state index in [-0.39, 0.29) is 15.8 Å². The van der Waals surface area contributed by atoms with E-state index in [4.69, 9.17) is 11.6 Å². The number of rotatable bonds is 6. The number of anilines is 1. The van der Waals surface area contributed by atoms with Crippen molar-refractivity contribution in [2.75, 3.05) is 29.8 Å². The lowest BCUT2D eigenvalue weighted by molar-refractivity contribution is 0.599. The Morgan fingerprint density at radius 1 is 1.14 bits per heavy atom. The van der Waals surface area contributed by atoms with Gasteiger partial charge in [-0.25, -0.2) is 16.8 Å². The van der Waals surface area contributed by atoms with Crippen LogP contribution in [-0.2, 0) is 19.7 Å². The third kappa shape index (κ3) is 3.90. The van der Waals surface area contributed by atoms with Gasteiger partial charge in [0.25, 0.3) is 0 Å². The molecule has 0 radical (unpaired) electrons. The first-order valence-corrected chi connectivity index (χ1v) is 10.8. The van der Waals surface area contributed by atoms with E-state index in [0.717, 1.165) is 25.4 Å². The van der Waals surface area contributed by atoms with Gasteiger partial charge >= 0.3 is 0 Å². The van der Waals surface area contributed by atoms with Crippen LogP contribution in [0.25, 0.3) is 0 Å². The molecule has 8 heteroatoms. The fourth-order valence-corrected chi connectivity index (χ4v) is 4.05. The van der Waals surface area contributed by atoms with E-state index in [2.05, 4.69) is 0 Å². The predicted molar refractivity (Wildman–Crippen MR) is 83.7 cm³/mol. The number of nitrogens with zero attached hydrogens (tertiary/aromatic N) is 1. The van der Waals surface area contributed by atoms with Gasteiger partial charge in [-0.1, -0.05) is 0 Å². The molecule has 0 N–H and O–H groups in total. The summed E-state index contributed by atoms with van der Waals surface area (Å²) in [6, 6.07) is 4.54. The van der Waals surface area contributed by atoms with Crippen molar-refractivity contribution in [3.8, 4) is 0 Å². The topological polar surface area (TPSA) is 71.5 Å². The number of sulfone groups is 2. The Balaban J connectivity index is 2.60. The van der Waals surface area contributed by atoms with Crippen LogP contribution in [-0.4, -0.2) is 47.8 Å². The smallest absolute Gasteiger partial charge is 0.177 e. The van der Waals surface area contributed by atoms with Crippen LogP contribution in [0.1, 0.15) is 12.8 Å². The number of halogens is 1. The highest BCUT2D eigenvalue weighted by Crippen LogP contribution is 2.36. The van der Waals surface area contributed by atoms with Crippen LogP contribution in [0.4, 0.5) is 5.69 Å². The summed E-state index contributed by atoms with van der Waals surface area (Å²) in [7, 11) is -6.99. The molecule has 1 aromatic carbocycles. The first kappa shape index (κ1) is 16.6. The van der Waals surface area contributed by atoms with Gasteiger partial charge in [0, 0.05) is 31.0 Å². The summed E-state index contributed by atoms with van der Waals surface area (Å²) in [6.45, 7) is 0.535. The molecule has 0 heterocycles. The summed E-state index contributed by atoms with van der Waals surface area (Å²) >= 11 is 5.80. The lowest BCUT2D eigenvalue weighted by Crippen LogP contribution is -2.29. The number of benzene rings is 1. The monoisotopic (exact) mass is 351 g/mol. The van der Waals surface area contributed by atoms with E-state index in [9.17, 15) is 16.8 Å². The van der Waals surface area contributed by atoms with E-state index in [1.807, 2.05) is 4.90 Å². The summed E-state index contributed by atoms with van der Waals surface area (Å²) in [5.74, 6) is 0.382. The Hall–Kier alpha value is -0.790. The molecule has 2 rings (SSSR count). The van der Waals surface area contributed by atoms with Gasteiger partial charge in [0.15, 0.2) is 19.7 Å². The maximum absolute atomic E-state index is 12.0. The molecular formula is C13H18ClNO4S2. The van der Waals surface area contributed by atoms with Crippen molar-refractivity contribution in [2.45, 2.75) is 28.7 Å². The third-order valence-corrected chi connectivity index (χ3v) is 5.79. The van der Waals surface area contributed by atoms with Crippen molar-refractivity contribution in [1.82, 2.24) is 0 Å². The second-order valence-corrected chi connectivity index (χ2v) is 9.67. The molecule has 5 nitrogen and oxygen atoms in total. The van der Waals surface area contributed by atoms with E-state index in [1.165, 1.54) is 12.1 Å². The fraction of sp³-hybridized carbons (Fsp3) is 0.538. The summed E-state index contributed by atoms with van der Waals surface area (Å²) in [5.41, 5.74) is 0.535. The molecule has 0 unspecified atom stereocenters. The van der Waals surface area contributed by atoms with Gasteiger partial charge in [-0.2, -0.15) is 0 Å². The minimum absolute atomic E-state index is 0.00768. The van der Waals surface area contributed by atoms with Gasteiger partial charge in [-0.05, 0) is 31.0 Å². The van der Waals surface area contributed by atoms with E-state index >= 15 is 0 Å². The highest BCUT2D eigenvalue weighted by Gasteiger charge is 2.32. The first-order chi connectivity index (χ1) is 9.64. The van der Waals surface area contributed by atoms with Crippen LogP contribution in [0.15, 0.2) is 28.0 Å². The largest absolute Gasteiger partial charge is 0.366 e. The van der Waals surface area contributed by atoms with Crippen molar-refractivity contribution in [3.05, 3.63) is 18.2 Å². The molecule has 1 saturated carbocycles. The van der Waals surface area contributed by atoms with E-state index in [1.54, 1.807) is 6.07 Å². The van der Waals surface area contributed by atoms with E-state index in [0.29, 0.717) is 18.1 Å². The van der Waals surface area contributed by atoms with Crippen LogP contribution < -0.4 is 4.90 Å². The zero-order valence-corrected chi connectivity index (χ0v) is 14.3. The predicted octanol–water partition coefficient (Wildman–Crippen LogP) is 1.70. The lowest BCUT2D eigenvalue weighted by Gasteiger charge is -2.26. The third-order valence-electron chi connectivity index (χ3n) is 3.38. The average molecular weight is 352 g/mol. The molecule has 21 heavy (non-hydrogen) atoms. The second-order valence-electron chi connectivity index (χ2n) is 5.29. The number of hydrogen-bond donors (Lipinski definition) is 0. The van der Waals surface area contributed by atoms with Crippen LogP contribution in [0, 0.1) is 0 Å². The van der Waals surface area contributed by atoms with Crippen molar-refractivity contribution >= 4 is 37.0 Å². The van der Waals surface area contributed by atoms with Crippen LogP contribution in [0.2, 0.25) is 0 Å². The second kappa shape index (κ2) is 5.78. The molecule has 1 fully saturated rings. The van der Waals surface area contributed by atoms with Crippen molar-refractivity contribution in [2.24, 2.45) is 0 Å².